The molecule has 1 aromatic carbocycles. The van der Waals surface area contributed by atoms with Gasteiger partial charge in [-0.15, -0.1) is 0 Å². The number of ether oxygens (including phenoxy) is 2. The second-order valence-electron chi connectivity index (χ2n) is 6.15. The van der Waals surface area contributed by atoms with E-state index < -0.39 is 0 Å². The van der Waals surface area contributed by atoms with Crippen molar-refractivity contribution in [2.24, 2.45) is 0 Å². The molecular weight excluding hydrogens is 332 g/mol. The second kappa shape index (κ2) is 8.64. The number of carbonyl (C=O) groups is 1. The van der Waals surface area contributed by atoms with Crippen molar-refractivity contribution in [1.82, 2.24) is 21.2 Å². The number of methoxy groups -OCH3 is 2. The summed E-state index contributed by atoms with van der Waals surface area (Å²) in [5, 5.41) is 2.98. The molecule has 3 N–H and O–H groups in total. The van der Waals surface area contributed by atoms with Gasteiger partial charge in [-0.25, -0.2) is 10.9 Å². The summed E-state index contributed by atoms with van der Waals surface area (Å²) in [6, 6.07) is 9.50. The molecule has 1 fully saturated rings. The average molecular weight is 356 g/mol. The van der Waals surface area contributed by atoms with Gasteiger partial charge in [0.15, 0.2) is 11.5 Å². The van der Waals surface area contributed by atoms with Crippen LogP contribution in [0.4, 0.5) is 0 Å². The maximum Gasteiger partial charge on any atom is 0.238 e. The number of nitrogens with one attached hydrogen (secondary N) is 3. The molecule has 26 heavy (non-hydrogen) atoms. The molecular formula is C19H24N4O3. The van der Waals surface area contributed by atoms with Gasteiger partial charge in [0.2, 0.25) is 5.91 Å². The highest BCUT2D eigenvalue weighted by Gasteiger charge is 2.29. The predicted octanol–water partition coefficient (Wildman–Crippen LogP) is 1.37. The van der Waals surface area contributed by atoms with E-state index in [0.717, 1.165) is 17.5 Å². The molecule has 1 aliphatic rings. The van der Waals surface area contributed by atoms with Crippen LogP contribution in [0, 0.1) is 0 Å². The standard InChI is InChI=1S/C19H24N4O3/c1-25-17-6-5-13(10-18(17)26-2)7-9-21-19(24)16-11-15(22-23-16)14-4-3-8-20-12-14/h3-6,8,10,12,15-16,22-23H,7,9,11H2,1-2H3,(H,21,24). The fourth-order valence-corrected chi connectivity index (χ4v) is 3.02. The van der Waals surface area contributed by atoms with E-state index in [4.69, 9.17) is 9.47 Å². The Morgan fingerprint density at radius 1 is 1.23 bits per heavy atom. The van der Waals surface area contributed by atoms with Crippen LogP contribution in [0.3, 0.4) is 0 Å². The molecule has 2 atom stereocenters. The summed E-state index contributed by atoms with van der Waals surface area (Å²) in [5.74, 6) is 1.38. The van der Waals surface area contributed by atoms with Crippen LogP contribution in [0.5, 0.6) is 11.5 Å². The lowest BCUT2D eigenvalue weighted by Gasteiger charge is -2.12. The molecule has 7 nitrogen and oxygen atoms in total. The Morgan fingerprint density at radius 2 is 2.08 bits per heavy atom. The first-order chi connectivity index (χ1) is 12.7. The molecule has 1 saturated heterocycles. The summed E-state index contributed by atoms with van der Waals surface area (Å²) < 4.78 is 10.5. The highest BCUT2D eigenvalue weighted by molar-refractivity contribution is 5.82. The van der Waals surface area contributed by atoms with Crippen LogP contribution in [0.2, 0.25) is 0 Å². The molecule has 0 saturated carbocycles. The number of aromatic nitrogens is 1. The normalized spacial score (nSPS) is 19.2. The van der Waals surface area contributed by atoms with Crippen LogP contribution in [0.25, 0.3) is 0 Å². The maximum absolute atomic E-state index is 12.4. The Morgan fingerprint density at radius 3 is 2.81 bits per heavy atom. The van der Waals surface area contributed by atoms with Gasteiger partial charge in [0, 0.05) is 25.0 Å². The zero-order chi connectivity index (χ0) is 18.4. The van der Waals surface area contributed by atoms with Gasteiger partial charge in [-0.05, 0) is 42.2 Å². The summed E-state index contributed by atoms with van der Waals surface area (Å²) in [6.07, 6.45) is 4.97. The first-order valence-corrected chi connectivity index (χ1v) is 8.61. The minimum Gasteiger partial charge on any atom is -0.493 e. The van der Waals surface area contributed by atoms with Crippen LogP contribution in [-0.2, 0) is 11.2 Å². The van der Waals surface area contributed by atoms with E-state index in [9.17, 15) is 4.79 Å². The lowest BCUT2D eigenvalue weighted by Crippen LogP contribution is -2.43. The molecule has 1 amide bonds. The monoisotopic (exact) mass is 356 g/mol. The number of hydrazine groups is 1. The Bertz CT molecular complexity index is 739. The third kappa shape index (κ3) is 4.30. The number of carbonyl (C=O) groups excluding carboxylic acids is 1. The van der Waals surface area contributed by atoms with Crippen LogP contribution < -0.4 is 25.6 Å². The van der Waals surface area contributed by atoms with Crippen LogP contribution >= 0.6 is 0 Å². The van der Waals surface area contributed by atoms with Gasteiger partial charge in [0.05, 0.1) is 14.2 Å². The molecule has 0 radical (unpaired) electrons. The number of rotatable bonds is 7. The fourth-order valence-electron chi connectivity index (χ4n) is 3.02. The van der Waals surface area contributed by atoms with Crippen LogP contribution in [0.1, 0.15) is 23.6 Å². The van der Waals surface area contributed by atoms with Gasteiger partial charge in [-0.1, -0.05) is 12.1 Å². The number of pyridine rings is 1. The van der Waals surface area contributed by atoms with E-state index >= 15 is 0 Å². The van der Waals surface area contributed by atoms with Gasteiger partial charge in [-0.2, -0.15) is 0 Å². The van der Waals surface area contributed by atoms with Crippen molar-refractivity contribution in [2.75, 3.05) is 20.8 Å². The van der Waals surface area contributed by atoms with Crippen molar-refractivity contribution in [1.29, 1.82) is 0 Å². The van der Waals surface area contributed by atoms with Gasteiger partial charge < -0.3 is 14.8 Å². The molecule has 1 aromatic heterocycles. The minimum atomic E-state index is -0.259. The molecule has 0 bridgehead atoms. The van der Waals surface area contributed by atoms with Gasteiger partial charge in [0.1, 0.15) is 6.04 Å². The van der Waals surface area contributed by atoms with Crippen molar-refractivity contribution < 1.29 is 14.3 Å². The summed E-state index contributed by atoms with van der Waals surface area (Å²) >= 11 is 0. The number of nitrogens with zero attached hydrogens (tertiary/aromatic N) is 1. The molecule has 138 valence electrons. The number of benzene rings is 1. The Labute approximate surface area is 153 Å². The number of hydrogen-bond donors (Lipinski definition) is 3. The number of amides is 1. The van der Waals surface area contributed by atoms with Crippen molar-refractivity contribution >= 4 is 5.91 Å². The van der Waals surface area contributed by atoms with Crippen molar-refractivity contribution in [3.8, 4) is 11.5 Å². The van der Waals surface area contributed by atoms with Crippen molar-refractivity contribution in [3.63, 3.8) is 0 Å². The van der Waals surface area contributed by atoms with Crippen molar-refractivity contribution in [2.45, 2.75) is 24.9 Å². The smallest absolute Gasteiger partial charge is 0.238 e. The van der Waals surface area contributed by atoms with Gasteiger partial charge >= 0.3 is 0 Å². The molecule has 0 aliphatic carbocycles. The molecule has 2 aromatic rings. The maximum atomic E-state index is 12.4. The quantitative estimate of drug-likeness (QED) is 0.695. The van der Waals surface area contributed by atoms with E-state index in [0.29, 0.717) is 24.5 Å². The lowest BCUT2D eigenvalue weighted by molar-refractivity contribution is -0.122. The Balaban J connectivity index is 1.47. The predicted molar refractivity (Wildman–Crippen MR) is 97.9 cm³/mol. The Hall–Kier alpha value is -2.64. The minimum absolute atomic E-state index is 0.00985. The average Bonchev–Trinajstić information content (AvgIpc) is 3.19. The molecule has 2 heterocycles. The van der Waals surface area contributed by atoms with E-state index in [1.807, 2.05) is 36.5 Å². The Kier molecular flexibility index (Phi) is 6.04. The van der Waals surface area contributed by atoms with Crippen LogP contribution in [0.15, 0.2) is 42.7 Å². The third-order valence-electron chi connectivity index (χ3n) is 4.47. The molecule has 7 heteroatoms. The molecule has 0 spiro atoms. The largest absolute Gasteiger partial charge is 0.493 e. The highest BCUT2D eigenvalue weighted by atomic mass is 16.5. The SMILES string of the molecule is COc1ccc(CCNC(=O)C2CC(c3cccnc3)NN2)cc1OC. The summed E-state index contributed by atoms with van der Waals surface area (Å²) in [6.45, 7) is 0.560. The fraction of sp³-hybridized carbons (Fsp3) is 0.368. The summed E-state index contributed by atoms with van der Waals surface area (Å²) in [5.41, 5.74) is 8.37. The summed E-state index contributed by atoms with van der Waals surface area (Å²) in [4.78, 5) is 16.5. The topological polar surface area (TPSA) is 84.5 Å². The lowest BCUT2D eigenvalue weighted by atomic mass is 10.0. The van der Waals surface area contributed by atoms with E-state index in [-0.39, 0.29) is 18.0 Å². The number of hydrogen-bond acceptors (Lipinski definition) is 6. The van der Waals surface area contributed by atoms with Crippen molar-refractivity contribution in [3.05, 3.63) is 53.9 Å². The van der Waals surface area contributed by atoms with Crippen LogP contribution in [-0.4, -0.2) is 37.7 Å². The van der Waals surface area contributed by atoms with Gasteiger partial charge in [0.25, 0.3) is 0 Å². The zero-order valence-corrected chi connectivity index (χ0v) is 15.0. The second-order valence-corrected chi connectivity index (χ2v) is 6.15. The zero-order valence-electron chi connectivity index (χ0n) is 15.0. The third-order valence-corrected chi connectivity index (χ3v) is 4.47. The van der Waals surface area contributed by atoms with Gasteiger partial charge in [-0.3, -0.25) is 9.78 Å². The molecule has 3 rings (SSSR count). The molecule has 1 aliphatic heterocycles. The van der Waals surface area contributed by atoms with E-state index in [1.54, 1.807) is 20.4 Å². The van der Waals surface area contributed by atoms with E-state index in [2.05, 4.69) is 21.2 Å². The highest BCUT2D eigenvalue weighted by Crippen LogP contribution is 2.27. The molecule has 2 unspecified atom stereocenters. The van der Waals surface area contributed by atoms with E-state index in [1.165, 1.54) is 0 Å². The summed E-state index contributed by atoms with van der Waals surface area (Å²) in [7, 11) is 3.22. The first-order valence-electron chi connectivity index (χ1n) is 8.61. The first kappa shape index (κ1) is 18.2.